The summed E-state index contributed by atoms with van der Waals surface area (Å²) in [5.41, 5.74) is 1.23. The van der Waals surface area contributed by atoms with Gasteiger partial charge in [0.15, 0.2) is 11.5 Å². The normalized spacial score (nSPS) is 17.5. The molecule has 5 rings (SSSR count). The number of hydrogen-bond donors (Lipinski definition) is 2. The molecule has 1 aliphatic heterocycles. The molecule has 0 amide bonds. The number of rotatable bonds is 3. The fourth-order valence-corrected chi connectivity index (χ4v) is 5.05. The summed E-state index contributed by atoms with van der Waals surface area (Å²) in [6, 6.07) is 7.92. The molecular weight excluding hydrogens is 356 g/mol. The molecule has 4 heterocycles. The van der Waals surface area contributed by atoms with E-state index in [1.807, 2.05) is 36.0 Å². The summed E-state index contributed by atoms with van der Waals surface area (Å²) < 4.78 is 2.45. The van der Waals surface area contributed by atoms with Gasteiger partial charge in [0.25, 0.3) is 11.5 Å². The van der Waals surface area contributed by atoms with Gasteiger partial charge in [-0.05, 0) is 35.8 Å². The third kappa shape index (κ3) is 2.50. The van der Waals surface area contributed by atoms with Gasteiger partial charge in [0.1, 0.15) is 5.52 Å². The number of anilines is 1. The topological polar surface area (TPSA) is 88.5 Å². The number of imidazole rings is 1. The number of nitrogens with one attached hydrogen (secondary N) is 2. The molecule has 25 heavy (non-hydrogen) atoms. The van der Waals surface area contributed by atoms with Crippen molar-refractivity contribution in [1.82, 2.24) is 23.9 Å². The van der Waals surface area contributed by atoms with Crippen LogP contribution in [0.3, 0.4) is 0 Å². The highest BCUT2D eigenvalue weighted by Crippen LogP contribution is 2.25. The van der Waals surface area contributed by atoms with Crippen LogP contribution in [0.2, 0.25) is 0 Å². The van der Waals surface area contributed by atoms with Gasteiger partial charge in [-0.25, -0.2) is 4.98 Å². The Bertz CT molecular complexity index is 1120. The molecule has 0 bridgehead atoms. The van der Waals surface area contributed by atoms with Crippen molar-refractivity contribution in [2.75, 3.05) is 16.8 Å². The summed E-state index contributed by atoms with van der Waals surface area (Å²) >= 11 is 3.28. The second-order valence-corrected chi connectivity index (χ2v) is 8.00. The molecule has 1 aliphatic rings. The van der Waals surface area contributed by atoms with E-state index in [0.29, 0.717) is 28.8 Å². The molecule has 1 fully saturated rings. The van der Waals surface area contributed by atoms with Gasteiger partial charge in [-0.2, -0.15) is 25.7 Å². The summed E-state index contributed by atoms with van der Waals surface area (Å²) in [7, 11) is 0. The average Bonchev–Trinajstić information content (AvgIpc) is 3.35. The summed E-state index contributed by atoms with van der Waals surface area (Å²) in [4.78, 5) is 29.2. The number of nitrogens with zero attached hydrogens (tertiary/aromatic N) is 4. The lowest BCUT2D eigenvalue weighted by molar-refractivity contribution is 0.805. The molecule has 0 aliphatic carbocycles. The van der Waals surface area contributed by atoms with Gasteiger partial charge in [-0.1, -0.05) is 12.1 Å². The third-order valence-electron chi connectivity index (χ3n) is 4.22. The standard InChI is InChI=1S/C16H14N6OS2/c23-15-10-3-1-2-4-11(10)25-22(15)16-20-13-12(17-8-18-13)14(21-16)19-9-5-6-24-7-9/h1-4,8-9H,5-7H2,(H2,17,18,19,20,21). The van der Waals surface area contributed by atoms with Crippen LogP contribution in [0.1, 0.15) is 6.42 Å². The summed E-state index contributed by atoms with van der Waals surface area (Å²) in [5, 5.41) is 4.16. The fraction of sp³-hybridized carbons (Fsp3) is 0.250. The molecule has 1 aromatic carbocycles. The molecule has 0 saturated carbocycles. The molecule has 0 radical (unpaired) electrons. The van der Waals surface area contributed by atoms with Crippen LogP contribution in [-0.2, 0) is 0 Å². The van der Waals surface area contributed by atoms with Crippen molar-refractivity contribution in [1.29, 1.82) is 0 Å². The first-order valence-corrected chi connectivity index (χ1v) is 9.89. The minimum Gasteiger partial charge on any atom is -0.365 e. The van der Waals surface area contributed by atoms with Crippen molar-refractivity contribution in [3.05, 3.63) is 40.9 Å². The highest BCUT2D eigenvalue weighted by molar-refractivity contribution is 7.99. The van der Waals surface area contributed by atoms with E-state index in [4.69, 9.17) is 0 Å². The second-order valence-electron chi connectivity index (χ2n) is 5.87. The number of aromatic amines is 1. The first-order chi connectivity index (χ1) is 12.3. The van der Waals surface area contributed by atoms with E-state index in [0.717, 1.165) is 28.1 Å². The molecule has 7 nitrogen and oxygen atoms in total. The van der Waals surface area contributed by atoms with Crippen molar-refractivity contribution >= 4 is 50.4 Å². The Balaban J connectivity index is 1.67. The number of thioether (sulfide) groups is 1. The van der Waals surface area contributed by atoms with Crippen LogP contribution in [0.5, 0.6) is 0 Å². The SMILES string of the molecule is O=c1c2ccccc2sn1-c1nc(NC2CCSC2)c2[nH]cnc2n1. The Hall–Kier alpha value is -2.39. The van der Waals surface area contributed by atoms with Crippen LogP contribution in [0.15, 0.2) is 35.4 Å². The van der Waals surface area contributed by atoms with Crippen molar-refractivity contribution in [2.45, 2.75) is 12.5 Å². The van der Waals surface area contributed by atoms with Crippen LogP contribution < -0.4 is 10.9 Å². The highest BCUT2D eigenvalue weighted by Gasteiger charge is 2.20. The quantitative estimate of drug-likeness (QED) is 0.576. The Kier molecular flexibility index (Phi) is 3.49. The maximum Gasteiger partial charge on any atom is 0.275 e. The number of benzene rings is 1. The van der Waals surface area contributed by atoms with Crippen LogP contribution >= 0.6 is 23.3 Å². The average molecular weight is 370 g/mol. The summed E-state index contributed by atoms with van der Waals surface area (Å²) in [6.07, 6.45) is 2.70. The van der Waals surface area contributed by atoms with Gasteiger partial charge < -0.3 is 10.3 Å². The molecule has 9 heteroatoms. The van der Waals surface area contributed by atoms with Gasteiger partial charge in [0.05, 0.1) is 16.4 Å². The second kappa shape index (κ2) is 5.85. The third-order valence-corrected chi connectivity index (χ3v) is 6.44. The smallest absolute Gasteiger partial charge is 0.275 e. The number of H-pyrrole nitrogens is 1. The van der Waals surface area contributed by atoms with E-state index < -0.39 is 0 Å². The Morgan fingerprint density at radius 1 is 1.28 bits per heavy atom. The zero-order valence-electron chi connectivity index (χ0n) is 13.1. The van der Waals surface area contributed by atoms with Crippen molar-refractivity contribution in [3.63, 3.8) is 0 Å². The maximum absolute atomic E-state index is 12.7. The molecule has 2 N–H and O–H groups in total. The lowest BCUT2D eigenvalue weighted by atomic mass is 10.2. The van der Waals surface area contributed by atoms with Crippen LogP contribution in [0.25, 0.3) is 27.2 Å². The predicted octanol–water partition coefficient (Wildman–Crippen LogP) is 2.64. The summed E-state index contributed by atoms with van der Waals surface area (Å²) in [6.45, 7) is 0. The van der Waals surface area contributed by atoms with Crippen molar-refractivity contribution in [3.8, 4) is 5.95 Å². The first-order valence-electron chi connectivity index (χ1n) is 7.96. The molecule has 126 valence electrons. The van der Waals surface area contributed by atoms with Crippen LogP contribution in [-0.4, -0.2) is 41.4 Å². The van der Waals surface area contributed by atoms with E-state index in [1.165, 1.54) is 15.5 Å². The number of fused-ring (bicyclic) bond motifs is 2. The van der Waals surface area contributed by atoms with Gasteiger partial charge >= 0.3 is 0 Å². The van der Waals surface area contributed by atoms with Gasteiger partial charge in [-0.3, -0.25) is 4.79 Å². The zero-order chi connectivity index (χ0) is 16.8. The molecule has 1 saturated heterocycles. The Morgan fingerprint density at radius 2 is 2.20 bits per heavy atom. The zero-order valence-corrected chi connectivity index (χ0v) is 14.7. The van der Waals surface area contributed by atoms with E-state index in [-0.39, 0.29) is 5.56 Å². The molecule has 4 aromatic rings. The Morgan fingerprint density at radius 3 is 3.04 bits per heavy atom. The van der Waals surface area contributed by atoms with Crippen molar-refractivity contribution in [2.24, 2.45) is 0 Å². The number of aromatic nitrogens is 5. The lowest BCUT2D eigenvalue weighted by Crippen LogP contribution is -2.21. The van der Waals surface area contributed by atoms with E-state index in [1.54, 1.807) is 6.33 Å². The lowest BCUT2D eigenvalue weighted by Gasteiger charge is -2.13. The maximum atomic E-state index is 12.7. The summed E-state index contributed by atoms with van der Waals surface area (Å²) in [5.74, 6) is 3.27. The first kappa shape index (κ1) is 14.9. The van der Waals surface area contributed by atoms with E-state index in [9.17, 15) is 4.79 Å². The largest absolute Gasteiger partial charge is 0.365 e. The van der Waals surface area contributed by atoms with Crippen LogP contribution in [0, 0.1) is 0 Å². The molecule has 1 atom stereocenters. The minimum atomic E-state index is -0.0992. The molecule has 1 unspecified atom stereocenters. The molecular formula is C16H14N6OS2. The van der Waals surface area contributed by atoms with Gasteiger partial charge in [0.2, 0.25) is 0 Å². The van der Waals surface area contributed by atoms with Gasteiger partial charge in [0, 0.05) is 11.8 Å². The minimum absolute atomic E-state index is 0.0992. The van der Waals surface area contributed by atoms with Gasteiger partial charge in [-0.15, -0.1) is 0 Å². The van der Waals surface area contributed by atoms with Crippen molar-refractivity contribution < 1.29 is 0 Å². The Labute approximate surface area is 150 Å². The highest BCUT2D eigenvalue weighted by atomic mass is 32.2. The number of hydrogen-bond acceptors (Lipinski definition) is 7. The monoisotopic (exact) mass is 370 g/mol. The van der Waals surface area contributed by atoms with E-state index >= 15 is 0 Å². The molecule has 0 spiro atoms. The molecule has 3 aromatic heterocycles. The predicted molar refractivity (Wildman–Crippen MR) is 102 cm³/mol. The fourth-order valence-electron chi connectivity index (χ4n) is 2.96. The van der Waals surface area contributed by atoms with E-state index in [2.05, 4.69) is 25.3 Å². The van der Waals surface area contributed by atoms with Crippen LogP contribution in [0.4, 0.5) is 5.82 Å².